The number of benzene rings is 1. The molecule has 24 heavy (non-hydrogen) atoms. The van der Waals surface area contributed by atoms with Crippen LogP contribution in [0.1, 0.15) is 30.3 Å². The summed E-state index contributed by atoms with van der Waals surface area (Å²) in [5.74, 6) is -0.455. The van der Waals surface area contributed by atoms with Gasteiger partial charge in [0.25, 0.3) is 0 Å². The first-order valence-corrected chi connectivity index (χ1v) is 8.76. The van der Waals surface area contributed by atoms with Crippen molar-refractivity contribution in [1.82, 2.24) is 9.88 Å². The van der Waals surface area contributed by atoms with Gasteiger partial charge in [-0.3, -0.25) is 9.36 Å². The number of hydrogen-bond acceptors (Lipinski definition) is 4. The summed E-state index contributed by atoms with van der Waals surface area (Å²) in [4.78, 5) is 25.7. The highest BCUT2D eigenvalue weighted by atomic mass is 32.1. The van der Waals surface area contributed by atoms with Gasteiger partial charge in [0.2, 0.25) is 5.91 Å². The summed E-state index contributed by atoms with van der Waals surface area (Å²) in [6.45, 7) is 6.01. The zero-order valence-electron chi connectivity index (χ0n) is 13.9. The molecule has 0 aliphatic rings. The van der Waals surface area contributed by atoms with Crippen molar-refractivity contribution in [3.05, 3.63) is 56.7 Å². The smallest absolute Gasteiger partial charge is 0.408 e. The highest BCUT2D eigenvalue weighted by Crippen LogP contribution is 2.25. The lowest BCUT2D eigenvalue weighted by Gasteiger charge is -2.21. The molecule has 2 heterocycles. The van der Waals surface area contributed by atoms with E-state index in [-0.39, 0.29) is 24.4 Å². The number of hydrogen-bond donors (Lipinski definition) is 1. The van der Waals surface area contributed by atoms with Crippen molar-refractivity contribution in [2.24, 2.45) is 5.92 Å². The van der Waals surface area contributed by atoms with E-state index in [1.54, 1.807) is 17.4 Å². The quantitative estimate of drug-likeness (QED) is 0.771. The third-order valence-corrected chi connectivity index (χ3v) is 4.91. The zero-order valence-corrected chi connectivity index (χ0v) is 14.7. The lowest BCUT2D eigenvalue weighted by molar-refractivity contribution is -0.122. The fourth-order valence-corrected chi connectivity index (χ4v) is 3.67. The van der Waals surface area contributed by atoms with Crippen molar-refractivity contribution in [3.63, 3.8) is 0 Å². The summed E-state index contributed by atoms with van der Waals surface area (Å²) in [6, 6.07) is 9.40. The Labute approximate surface area is 143 Å². The Bertz CT molecular complexity index is 906. The van der Waals surface area contributed by atoms with Gasteiger partial charge < -0.3 is 9.73 Å². The van der Waals surface area contributed by atoms with E-state index >= 15 is 0 Å². The Morgan fingerprint density at radius 1 is 1.33 bits per heavy atom. The van der Waals surface area contributed by atoms with Crippen LogP contribution in [0.25, 0.3) is 11.1 Å². The summed E-state index contributed by atoms with van der Waals surface area (Å²) in [5.41, 5.74) is 2.15. The maximum atomic E-state index is 12.5. The van der Waals surface area contributed by atoms with E-state index < -0.39 is 5.76 Å². The highest BCUT2D eigenvalue weighted by molar-refractivity contribution is 7.10. The number of nitrogens with zero attached hydrogens (tertiary/aromatic N) is 1. The lowest BCUT2D eigenvalue weighted by Crippen LogP contribution is -2.35. The fraction of sp³-hybridized carbons (Fsp3) is 0.333. The van der Waals surface area contributed by atoms with Crippen LogP contribution in [0.5, 0.6) is 0 Å². The molecule has 1 aromatic carbocycles. The van der Waals surface area contributed by atoms with E-state index in [0.717, 1.165) is 10.4 Å². The van der Waals surface area contributed by atoms with Crippen molar-refractivity contribution in [2.75, 3.05) is 0 Å². The molecule has 0 saturated carbocycles. The van der Waals surface area contributed by atoms with Gasteiger partial charge in [0, 0.05) is 4.88 Å². The molecule has 1 atom stereocenters. The molecular formula is C18H20N2O3S. The number of nitrogens with one attached hydrogen (secondary N) is 1. The molecule has 2 aromatic heterocycles. The molecular weight excluding hydrogens is 324 g/mol. The number of aromatic nitrogens is 1. The standard InChI is InChI=1S/C18H20N2O3S/c1-11(2)17(15-5-4-8-24-15)19-16(21)10-20-13-9-12(3)6-7-14(13)23-18(20)22/h4-9,11,17H,10H2,1-3H3,(H,19,21)/t17-/m0/s1. The van der Waals surface area contributed by atoms with E-state index in [1.807, 2.05) is 36.6 Å². The third kappa shape index (κ3) is 3.28. The maximum Gasteiger partial charge on any atom is 0.420 e. The first-order chi connectivity index (χ1) is 11.5. The van der Waals surface area contributed by atoms with Crippen LogP contribution >= 0.6 is 11.3 Å². The van der Waals surface area contributed by atoms with Crippen LogP contribution in [0, 0.1) is 12.8 Å². The average Bonchev–Trinajstić information content (AvgIpc) is 3.14. The van der Waals surface area contributed by atoms with Gasteiger partial charge in [0.1, 0.15) is 6.54 Å². The van der Waals surface area contributed by atoms with Crippen LogP contribution in [0.15, 0.2) is 44.9 Å². The Kier molecular flexibility index (Phi) is 4.57. The van der Waals surface area contributed by atoms with Crippen LogP contribution in [0.3, 0.4) is 0 Å². The van der Waals surface area contributed by atoms with Gasteiger partial charge in [0.15, 0.2) is 5.58 Å². The van der Waals surface area contributed by atoms with Crippen LogP contribution < -0.4 is 11.1 Å². The van der Waals surface area contributed by atoms with E-state index in [9.17, 15) is 9.59 Å². The minimum Gasteiger partial charge on any atom is -0.408 e. The number of aryl methyl sites for hydroxylation is 1. The van der Waals surface area contributed by atoms with Crippen molar-refractivity contribution in [3.8, 4) is 0 Å². The van der Waals surface area contributed by atoms with Crippen molar-refractivity contribution >= 4 is 28.3 Å². The van der Waals surface area contributed by atoms with Gasteiger partial charge in [-0.2, -0.15) is 0 Å². The molecule has 0 bridgehead atoms. The van der Waals surface area contributed by atoms with Gasteiger partial charge >= 0.3 is 5.76 Å². The van der Waals surface area contributed by atoms with Gasteiger partial charge in [-0.05, 0) is 42.0 Å². The molecule has 0 fully saturated rings. The fourth-order valence-electron chi connectivity index (χ4n) is 2.72. The lowest BCUT2D eigenvalue weighted by atomic mass is 10.0. The number of oxazole rings is 1. The Morgan fingerprint density at radius 2 is 2.12 bits per heavy atom. The van der Waals surface area contributed by atoms with E-state index in [0.29, 0.717) is 11.1 Å². The van der Waals surface area contributed by atoms with Crippen molar-refractivity contribution < 1.29 is 9.21 Å². The van der Waals surface area contributed by atoms with E-state index in [2.05, 4.69) is 19.2 Å². The van der Waals surface area contributed by atoms with Gasteiger partial charge in [-0.25, -0.2) is 4.79 Å². The second-order valence-corrected chi connectivity index (χ2v) is 7.21. The molecule has 0 spiro atoms. The predicted octanol–water partition coefficient (Wildman–Crippen LogP) is 3.48. The molecule has 3 rings (SSSR count). The molecule has 0 aliphatic carbocycles. The minimum absolute atomic E-state index is 0.0517. The molecule has 5 nitrogen and oxygen atoms in total. The van der Waals surface area contributed by atoms with Gasteiger partial charge in [-0.15, -0.1) is 11.3 Å². The second kappa shape index (κ2) is 6.65. The predicted molar refractivity (Wildman–Crippen MR) is 95.3 cm³/mol. The monoisotopic (exact) mass is 344 g/mol. The number of rotatable bonds is 5. The molecule has 1 N–H and O–H groups in total. The van der Waals surface area contributed by atoms with Crippen LogP contribution in [0.4, 0.5) is 0 Å². The third-order valence-electron chi connectivity index (χ3n) is 3.96. The minimum atomic E-state index is -0.511. The first kappa shape index (κ1) is 16.5. The average molecular weight is 344 g/mol. The van der Waals surface area contributed by atoms with Crippen LogP contribution in [-0.2, 0) is 11.3 Å². The van der Waals surface area contributed by atoms with Gasteiger partial charge in [-0.1, -0.05) is 26.0 Å². The summed E-state index contributed by atoms with van der Waals surface area (Å²) >= 11 is 1.62. The van der Waals surface area contributed by atoms with E-state index in [1.165, 1.54) is 4.57 Å². The number of carbonyl (C=O) groups is 1. The van der Waals surface area contributed by atoms with Crippen LogP contribution in [-0.4, -0.2) is 10.5 Å². The normalized spacial score (nSPS) is 12.7. The SMILES string of the molecule is Cc1ccc2oc(=O)n(CC(=O)N[C@H](c3cccs3)C(C)C)c2c1. The topological polar surface area (TPSA) is 64.2 Å². The Morgan fingerprint density at radius 3 is 2.79 bits per heavy atom. The molecule has 6 heteroatoms. The Hall–Kier alpha value is -2.34. The largest absolute Gasteiger partial charge is 0.420 e. The molecule has 126 valence electrons. The highest BCUT2D eigenvalue weighted by Gasteiger charge is 2.20. The van der Waals surface area contributed by atoms with E-state index in [4.69, 9.17) is 4.42 Å². The van der Waals surface area contributed by atoms with Crippen molar-refractivity contribution in [1.29, 1.82) is 0 Å². The molecule has 1 amide bonds. The van der Waals surface area contributed by atoms with Crippen LogP contribution in [0.2, 0.25) is 0 Å². The zero-order chi connectivity index (χ0) is 17.3. The number of carbonyl (C=O) groups excluding carboxylic acids is 1. The summed E-state index contributed by atoms with van der Waals surface area (Å²) in [5, 5.41) is 5.03. The molecule has 3 aromatic rings. The second-order valence-electron chi connectivity index (χ2n) is 6.23. The molecule has 0 unspecified atom stereocenters. The molecule has 0 saturated heterocycles. The summed E-state index contributed by atoms with van der Waals surface area (Å²) < 4.78 is 6.59. The van der Waals surface area contributed by atoms with Crippen molar-refractivity contribution in [2.45, 2.75) is 33.4 Å². The Balaban J connectivity index is 1.83. The summed E-state index contributed by atoms with van der Waals surface area (Å²) in [7, 11) is 0. The molecule has 0 radical (unpaired) electrons. The summed E-state index contributed by atoms with van der Waals surface area (Å²) in [6.07, 6.45) is 0. The first-order valence-electron chi connectivity index (χ1n) is 7.88. The number of thiophene rings is 1. The number of amides is 1. The molecule has 0 aliphatic heterocycles. The maximum absolute atomic E-state index is 12.5. The van der Waals surface area contributed by atoms with Gasteiger partial charge in [0.05, 0.1) is 11.6 Å². The number of fused-ring (bicyclic) bond motifs is 1.